The quantitative estimate of drug-likeness (QED) is 0.852. The van der Waals surface area contributed by atoms with Crippen LogP contribution in [-0.2, 0) is 0 Å². The Hall–Kier alpha value is -1.84. The second kappa shape index (κ2) is 6.95. The molecule has 0 aliphatic carbocycles. The number of hydrogen-bond donors (Lipinski definition) is 0. The van der Waals surface area contributed by atoms with Gasteiger partial charge in [-0.05, 0) is 45.1 Å². The van der Waals surface area contributed by atoms with Crippen LogP contribution in [0.2, 0.25) is 0 Å². The molecule has 0 atom stereocenters. The van der Waals surface area contributed by atoms with Crippen molar-refractivity contribution in [3.05, 3.63) is 22.7 Å². The van der Waals surface area contributed by atoms with Crippen LogP contribution in [0.4, 0.5) is 11.8 Å². The molecule has 22 heavy (non-hydrogen) atoms. The van der Waals surface area contributed by atoms with Crippen molar-refractivity contribution in [1.82, 2.24) is 9.97 Å². The molecule has 2 saturated heterocycles. The zero-order chi connectivity index (χ0) is 15.4. The van der Waals surface area contributed by atoms with E-state index in [1.165, 1.54) is 32.1 Å². The molecule has 4 nitrogen and oxygen atoms in total. The van der Waals surface area contributed by atoms with Crippen molar-refractivity contribution in [3.8, 4) is 0 Å². The van der Waals surface area contributed by atoms with E-state index in [4.69, 9.17) is 4.98 Å². The van der Waals surface area contributed by atoms with Gasteiger partial charge in [0.1, 0.15) is 5.82 Å². The van der Waals surface area contributed by atoms with Gasteiger partial charge in [-0.3, -0.25) is 0 Å². The van der Waals surface area contributed by atoms with Crippen molar-refractivity contribution in [2.24, 2.45) is 0 Å². The highest BCUT2D eigenvalue weighted by Gasteiger charge is 2.19. The molecule has 0 saturated carbocycles. The van der Waals surface area contributed by atoms with Crippen molar-refractivity contribution in [3.63, 3.8) is 0 Å². The number of rotatable bonds is 3. The van der Waals surface area contributed by atoms with Gasteiger partial charge in [0.2, 0.25) is 5.95 Å². The summed E-state index contributed by atoms with van der Waals surface area (Å²) in [5.74, 6) is 1.93. The number of allylic oxidation sites excluding steroid dienone is 2. The molecule has 1 aromatic rings. The Labute approximate surface area is 132 Å². The minimum atomic E-state index is 0.843. The van der Waals surface area contributed by atoms with Crippen LogP contribution in [-0.4, -0.2) is 36.1 Å². The first kappa shape index (κ1) is 15.1. The smallest absolute Gasteiger partial charge is 0.227 e. The summed E-state index contributed by atoms with van der Waals surface area (Å²) in [4.78, 5) is 14.3. The first-order valence-corrected chi connectivity index (χ1v) is 8.49. The van der Waals surface area contributed by atoms with Gasteiger partial charge in [-0.15, -0.1) is 0 Å². The first-order valence-electron chi connectivity index (χ1n) is 8.49. The fourth-order valence-electron chi connectivity index (χ4n) is 3.26. The normalized spacial score (nSPS) is 20.3. The summed E-state index contributed by atoms with van der Waals surface area (Å²) in [6, 6.07) is 0. The predicted molar refractivity (Wildman–Crippen MR) is 93.6 cm³/mol. The van der Waals surface area contributed by atoms with Gasteiger partial charge >= 0.3 is 0 Å². The molecule has 2 fully saturated rings. The van der Waals surface area contributed by atoms with Crippen LogP contribution in [0.5, 0.6) is 0 Å². The summed E-state index contributed by atoms with van der Waals surface area (Å²) >= 11 is 0. The highest BCUT2D eigenvalue weighted by Crippen LogP contribution is 2.18. The van der Waals surface area contributed by atoms with Gasteiger partial charge in [-0.25, -0.2) is 4.98 Å². The third-order valence-electron chi connectivity index (χ3n) is 4.49. The predicted octanol–water partition coefficient (Wildman–Crippen LogP) is 1.83. The molecule has 0 bridgehead atoms. The molecule has 0 radical (unpaired) electrons. The monoisotopic (exact) mass is 298 g/mol. The fraction of sp³-hybridized carbons (Fsp3) is 0.556. The van der Waals surface area contributed by atoms with Crippen LogP contribution in [0.15, 0.2) is 12.2 Å². The molecule has 0 amide bonds. The average molecular weight is 298 g/mol. The van der Waals surface area contributed by atoms with Crippen molar-refractivity contribution >= 4 is 24.4 Å². The van der Waals surface area contributed by atoms with E-state index in [0.717, 1.165) is 48.5 Å². The lowest BCUT2D eigenvalue weighted by Gasteiger charge is -2.29. The minimum Gasteiger partial charge on any atom is -0.356 e. The molecular weight excluding hydrogens is 272 g/mol. The summed E-state index contributed by atoms with van der Waals surface area (Å²) in [6.07, 6.45) is 12.5. The number of aromatic nitrogens is 2. The number of hydrogen-bond acceptors (Lipinski definition) is 4. The van der Waals surface area contributed by atoms with Crippen LogP contribution in [0.3, 0.4) is 0 Å². The zero-order valence-electron chi connectivity index (χ0n) is 13.6. The molecule has 1 aromatic heterocycles. The van der Waals surface area contributed by atoms with Crippen molar-refractivity contribution in [1.29, 1.82) is 0 Å². The Morgan fingerprint density at radius 1 is 0.909 bits per heavy atom. The summed E-state index contributed by atoms with van der Waals surface area (Å²) in [5, 5.41) is 1.92. The molecule has 3 heterocycles. The third kappa shape index (κ3) is 3.16. The SMILES string of the molecule is C=c1nc(N2CCCC2)nc(N2CCCCC2)/c1=C/C=C\C. The molecule has 4 heteroatoms. The molecule has 118 valence electrons. The van der Waals surface area contributed by atoms with Crippen molar-refractivity contribution in [2.45, 2.75) is 39.0 Å². The summed E-state index contributed by atoms with van der Waals surface area (Å²) in [7, 11) is 0. The van der Waals surface area contributed by atoms with E-state index in [2.05, 4.69) is 33.5 Å². The molecule has 0 N–H and O–H groups in total. The van der Waals surface area contributed by atoms with E-state index >= 15 is 0 Å². The minimum absolute atomic E-state index is 0.843. The lowest BCUT2D eigenvalue weighted by atomic mass is 10.1. The van der Waals surface area contributed by atoms with E-state index in [-0.39, 0.29) is 0 Å². The maximum absolute atomic E-state index is 4.93. The summed E-state index contributed by atoms with van der Waals surface area (Å²) < 4.78 is 0. The van der Waals surface area contributed by atoms with Gasteiger partial charge in [-0.1, -0.05) is 18.7 Å². The van der Waals surface area contributed by atoms with E-state index < -0.39 is 0 Å². The Morgan fingerprint density at radius 2 is 1.55 bits per heavy atom. The largest absolute Gasteiger partial charge is 0.356 e. The van der Waals surface area contributed by atoms with Crippen LogP contribution >= 0.6 is 0 Å². The van der Waals surface area contributed by atoms with E-state index in [1.807, 2.05) is 13.0 Å². The van der Waals surface area contributed by atoms with Crippen LogP contribution in [0.25, 0.3) is 12.7 Å². The Morgan fingerprint density at radius 3 is 2.23 bits per heavy atom. The van der Waals surface area contributed by atoms with Gasteiger partial charge in [-0.2, -0.15) is 4.98 Å². The lowest BCUT2D eigenvalue weighted by molar-refractivity contribution is 0.571. The van der Waals surface area contributed by atoms with Gasteiger partial charge in [0.05, 0.1) is 5.35 Å². The highest BCUT2D eigenvalue weighted by atomic mass is 15.3. The third-order valence-corrected chi connectivity index (χ3v) is 4.49. The topological polar surface area (TPSA) is 32.3 Å². The zero-order valence-corrected chi connectivity index (χ0v) is 13.6. The van der Waals surface area contributed by atoms with E-state index in [1.54, 1.807) is 0 Å². The van der Waals surface area contributed by atoms with Gasteiger partial charge < -0.3 is 9.80 Å². The molecule has 2 aliphatic rings. The van der Waals surface area contributed by atoms with Crippen molar-refractivity contribution in [2.75, 3.05) is 36.0 Å². The molecule has 0 spiro atoms. The lowest BCUT2D eigenvalue weighted by Crippen LogP contribution is -2.41. The fourth-order valence-corrected chi connectivity index (χ4v) is 3.26. The number of nitrogens with zero attached hydrogens (tertiary/aromatic N) is 4. The standard InChI is InChI=1S/C18H26N4/c1-3-4-10-16-15(2)19-18(22-13-8-9-14-22)20-17(16)21-11-6-5-7-12-21/h3-4,10H,2,5-9,11-14H2,1H3/b4-3-,16-10+. The van der Waals surface area contributed by atoms with Gasteiger partial charge in [0, 0.05) is 31.4 Å². The maximum Gasteiger partial charge on any atom is 0.227 e. The van der Waals surface area contributed by atoms with Crippen LogP contribution < -0.4 is 20.4 Å². The van der Waals surface area contributed by atoms with Crippen LogP contribution in [0, 0.1) is 0 Å². The van der Waals surface area contributed by atoms with E-state index in [9.17, 15) is 0 Å². The second-order valence-electron chi connectivity index (χ2n) is 6.14. The second-order valence-corrected chi connectivity index (χ2v) is 6.14. The Kier molecular flexibility index (Phi) is 4.76. The number of piperidine rings is 1. The Balaban J connectivity index is 2.06. The average Bonchev–Trinajstić information content (AvgIpc) is 3.08. The Bertz CT molecular complexity index is 638. The molecule has 0 aromatic carbocycles. The molecule has 2 aliphatic heterocycles. The molecule has 3 rings (SSSR count). The van der Waals surface area contributed by atoms with Crippen molar-refractivity contribution < 1.29 is 0 Å². The van der Waals surface area contributed by atoms with E-state index in [0.29, 0.717) is 0 Å². The molecular formula is C18H26N4. The highest BCUT2D eigenvalue weighted by molar-refractivity contribution is 5.53. The summed E-state index contributed by atoms with van der Waals surface area (Å²) in [6.45, 7) is 10.5. The maximum atomic E-state index is 4.93. The van der Waals surface area contributed by atoms with Gasteiger partial charge in [0.15, 0.2) is 0 Å². The number of anilines is 2. The summed E-state index contributed by atoms with van der Waals surface area (Å²) in [5.41, 5.74) is 0. The van der Waals surface area contributed by atoms with Crippen LogP contribution in [0.1, 0.15) is 39.0 Å². The first-order chi connectivity index (χ1) is 10.8. The van der Waals surface area contributed by atoms with Gasteiger partial charge in [0.25, 0.3) is 0 Å². The molecule has 0 unspecified atom stereocenters.